The third-order valence-corrected chi connectivity index (χ3v) is 4.61. The number of rotatable bonds is 4. The molecule has 3 aromatic rings. The van der Waals surface area contributed by atoms with Crippen molar-refractivity contribution < 1.29 is 4.79 Å². The van der Waals surface area contributed by atoms with Gasteiger partial charge < -0.3 is 4.90 Å². The molecule has 3 aromatic heterocycles. The Morgan fingerprint density at radius 3 is 2.58 bits per heavy atom. The zero-order valence-electron chi connectivity index (χ0n) is 14.4. The van der Waals surface area contributed by atoms with Gasteiger partial charge in [0.05, 0.1) is 5.69 Å². The molecule has 4 heterocycles. The smallest absolute Gasteiger partial charge is 0.339 e. The van der Waals surface area contributed by atoms with Gasteiger partial charge in [-0.2, -0.15) is 0 Å². The lowest BCUT2D eigenvalue weighted by atomic mass is 10.2. The highest BCUT2D eigenvalue weighted by atomic mass is 16.2. The van der Waals surface area contributed by atoms with Gasteiger partial charge in [-0.1, -0.05) is 12.1 Å². The summed E-state index contributed by atoms with van der Waals surface area (Å²) in [6.45, 7) is 3.64. The molecule has 0 atom stereocenters. The quantitative estimate of drug-likeness (QED) is 0.672. The van der Waals surface area contributed by atoms with Gasteiger partial charge in [0.1, 0.15) is 6.54 Å². The molecule has 0 aromatic carbocycles. The Balaban J connectivity index is 1.36. The fourth-order valence-electron chi connectivity index (χ4n) is 3.18. The van der Waals surface area contributed by atoms with Crippen LogP contribution in [0.25, 0.3) is 5.65 Å². The molecule has 134 valence electrons. The molecule has 0 N–H and O–H groups in total. The molecule has 8 heteroatoms. The minimum absolute atomic E-state index is 0.0270. The maximum atomic E-state index is 12.5. The summed E-state index contributed by atoms with van der Waals surface area (Å²) in [6.07, 6.45) is 3.45. The van der Waals surface area contributed by atoms with Crippen molar-refractivity contribution in [2.45, 2.75) is 13.1 Å². The van der Waals surface area contributed by atoms with E-state index in [1.807, 2.05) is 24.3 Å². The van der Waals surface area contributed by atoms with Crippen LogP contribution in [0.15, 0.2) is 53.6 Å². The van der Waals surface area contributed by atoms with Crippen LogP contribution in [0, 0.1) is 0 Å². The van der Waals surface area contributed by atoms with Crippen molar-refractivity contribution in [3.05, 3.63) is 65.0 Å². The second kappa shape index (κ2) is 7.09. The average Bonchev–Trinajstić information content (AvgIpc) is 2.99. The first kappa shape index (κ1) is 16.5. The Labute approximate surface area is 150 Å². The topological polar surface area (TPSA) is 75.7 Å². The van der Waals surface area contributed by atoms with Gasteiger partial charge in [0, 0.05) is 45.1 Å². The number of aromatic nitrogens is 4. The maximum Gasteiger partial charge on any atom is 0.350 e. The summed E-state index contributed by atoms with van der Waals surface area (Å²) in [5, 5.41) is 4.22. The van der Waals surface area contributed by atoms with E-state index in [-0.39, 0.29) is 18.1 Å². The lowest BCUT2D eigenvalue weighted by Crippen LogP contribution is -2.49. The van der Waals surface area contributed by atoms with Crippen LogP contribution in [-0.2, 0) is 17.9 Å². The number of piperazine rings is 1. The van der Waals surface area contributed by atoms with Gasteiger partial charge in [0.15, 0.2) is 5.65 Å². The molecule has 0 radical (unpaired) electrons. The summed E-state index contributed by atoms with van der Waals surface area (Å²) in [4.78, 5) is 33.2. The Morgan fingerprint density at radius 2 is 1.85 bits per heavy atom. The standard InChI is InChI=1S/C18H20N6O2/c25-17(14-24-18(26)23-8-4-2-6-16(23)20-24)22-11-9-21(10-12-22)13-15-5-1-3-7-19-15/h1-8H,9-14H2. The molecule has 4 rings (SSSR count). The van der Waals surface area contributed by atoms with Gasteiger partial charge in [-0.05, 0) is 24.3 Å². The highest BCUT2D eigenvalue weighted by Gasteiger charge is 2.22. The number of fused-ring (bicyclic) bond motifs is 1. The van der Waals surface area contributed by atoms with Crippen molar-refractivity contribution in [2.24, 2.45) is 0 Å². The molecule has 1 amide bonds. The second-order valence-corrected chi connectivity index (χ2v) is 6.35. The lowest BCUT2D eigenvalue weighted by molar-refractivity contribution is -0.133. The van der Waals surface area contributed by atoms with E-state index in [9.17, 15) is 9.59 Å². The van der Waals surface area contributed by atoms with Crippen LogP contribution < -0.4 is 5.69 Å². The number of carbonyl (C=O) groups excluding carboxylic acids is 1. The molecule has 26 heavy (non-hydrogen) atoms. The van der Waals surface area contributed by atoms with Gasteiger partial charge >= 0.3 is 5.69 Å². The first-order valence-corrected chi connectivity index (χ1v) is 8.65. The molecular formula is C18H20N6O2. The van der Waals surface area contributed by atoms with Crippen molar-refractivity contribution >= 4 is 11.6 Å². The zero-order chi connectivity index (χ0) is 17.9. The first-order valence-electron chi connectivity index (χ1n) is 8.65. The van der Waals surface area contributed by atoms with Crippen LogP contribution in [0.5, 0.6) is 0 Å². The fraction of sp³-hybridized carbons (Fsp3) is 0.333. The van der Waals surface area contributed by atoms with E-state index in [0.29, 0.717) is 18.7 Å². The molecule has 0 unspecified atom stereocenters. The normalized spacial score (nSPS) is 15.5. The zero-order valence-corrected chi connectivity index (χ0v) is 14.4. The van der Waals surface area contributed by atoms with Crippen molar-refractivity contribution in [2.75, 3.05) is 26.2 Å². The van der Waals surface area contributed by atoms with Gasteiger partial charge in [0.25, 0.3) is 0 Å². The van der Waals surface area contributed by atoms with Gasteiger partial charge in [-0.25, -0.2) is 9.48 Å². The van der Waals surface area contributed by atoms with Gasteiger partial charge in [-0.15, -0.1) is 5.10 Å². The van der Waals surface area contributed by atoms with E-state index in [0.717, 1.165) is 25.3 Å². The van der Waals surface area contributed by atoms with E-state index >= 15 is 0 Å². The van der Waals surface area contributed by atoms with Crippen molar-refractivity contribution in [3.8, 4) is 0 Å². The molecule has 1 fully saturated rings. The molecule has 1 saturated heterocycles. The Morgan fingerprint density at radius 1 is 1.04 bits per heavy atom. The van der Waals surface area contributed by atoms with E-state index < -0.39 is 0 Å². The van der Waals surface area contributed by atoms with Crippen LogP contribution >= 0.6 is 0 Å². The highest BCUT2D eigenvalue weighted by Crippen LogP contribution is 2.07. The van der Waals surface area contributed by atoms with Crippen LogP contribution in [0.2, 0.25) is 0 Å². The molecular weight excluding hydrogens is 332 g/mol. The molecule has 0 saturated carbocycles. The predicted molar refractivity (Wildman–Crippen MR) is 95.5 cm³/mol. The third kappa shape index (κ3) is 3.36. The molecule has 1 aliphatic heterocycles. The minimum Gasteiger partial charge on any atom is -0.339 e. The summed E-state index contributed by atoms with van der Waals surface area (Å²) >= 11 is 0. The van der Waals surface area contributed by atoms with E-state index in [4.69, 9.17) is 0 Å². The number of carbonyl (C=O) groups is 1. The summed E-state index contributed by atoms with van der Waals surface area (Å²) in [6, 6.07) is 11.2. The van der Waals surface area contributed by atoms with Crippen molar-refractivity contribution in [3.63, 3.8) is 0 Å². The SMILES string of the molecule is O=C(Cn1nc2ccccn2c1=O)N1CCN(Cc2ccccn2)CC1. The number of hydrogen-bond donors (Lipinski definition) is 0. The van der Waals surface area contributed by atoms with Gasteiger partial charge in [-0.3, -0.25) is 19.1 Å². The van der Waals surface area contributed by atoms with Crippen LogP contribution in [0.1, 0.15) is 5.69 Å². The van der Waals surface area contributed by atoms with E-state index in [1.165, 1.54) is 9.08 Å². The van der Waals surface area contributed by atoms with E-state index in [1.54, 1.807) is 29.4 Å². The predicted octanol–water partition coefficient (Wildman–Crippen LogP) is 0.235. The number of hydrogen-bond acceptors (Lipinski definition) is 5. The average molecular weight is 352 g/mol. The summed E-state index contributed by atoms with van der Waals surface area (Å²) in [5.74, 6) is -0.0759. The number of pyridine rings is 2. The lowest BCUT2D eigenvalue weighted by Gasteiger charge is -2.34. The van der Waals surface area contributed by atoms with Crippen molar-refractivity contribution in [1.82, 2.24) is 29.0 Å². The first-order chi connectivity index (χ1) is 12.7. The number of nitrogens with zero attached hydrogens (tertiary/aromatic N) is 6. The molecule has 0 aliphatic carbocycles. The highest BCUT2D eigenvalue weighted by molar-refractivity contribution is 5.76. The largest absolute Gasteiger partial charge is 0.350 e. The monoisotopic (exact) mass is 352 g/mol. The van der Waals surface area contributed by atoms with E-state index in [2.05, 4.69) is 15.0 Å². The van der Waals surface area contributed by atoms with Crippen LogP contribution in [0.4, 0.5) is 0 Å². The van der Waals surface area contributed by atoms with Crippen LogP contribution in [0.3, 0.4) is 0 Å². The summed E-state index contributed by atoms with van der Waals surface area (Å²) in [5.41, 5.74) is 1.29. The Kier molecular flexibility index (Phi) is 4.49. The summed E-state index contributed by atoms with van der Waals surface area (Å²) < 4.78 is 2.68. The molecule has 0 spiro atoms. The molecule has 8 nitrogen and oxygen atoms in total. The fourth-order valence-corrected chi connectivity index (χ4v) is 3.18. The Bertz CT molecular complexity index is 956. The maximum absolute atomic E-state index is 12.5. The summed E-state index contributed by atoms with van der Waals surface area (Å²) in [7, 11) is 0. The Hall–Kier alpha value is -3.00. The van der Waals surface area contributed by atoms with Crippen LogP contribution in [-0.4, -0.2) is 61.1 Å². The number of amides is 1. The molecule has 0 bridgehead atoms. The van der Waals surface area contributed by atoms with Crippen molar-refractivity contribution in [1.29, 1.82) is 0 Å². The third-order valence-electron chi connectivity index (χ3n) is 4.61. The second-order valence-electron chi connectivity index (χ2n) is 6.35. The van der Waals surface area contributed by atoms with Gasteiger partial charge in [0.2, 0.25) is 5.91 Å². The minimum atomic E-state index is -0.289. The molecule has 1 aliphatic rings.